The van der Waals surface area contributed by atoms with Crippen molar-refractivity contribution in [3.63, 3.8) is 0 Å². The van der Waals surface area contributed by atoms with E-state index in [0.717, 1.165) is 27.9 Å². The molecule has 0 aliphatic carbocycles. The molecule has 0 bridgehead atoms. The Morgan fingerprint density at radius 1 is 0.929 bits per heavy atom. The van der Waals surface area contributed by atoms with Gasteiger partial charge in [0.1, 0.15) is 0 Å². The highest BCUT2D eigenvalue weighted by Gasteiger charge is 2.10. The predicted molar refractivity (Wildman–Crippen MR) is 110 cm³/mol. The van der Waals surface area contributed by atoms with E-state index in [1.165, 1.54) is 6.26 Å². The number of amides is 3. The zero-order valence-electron chi connectivity index (χ0n) is 16.1. The summed E-state index contributed by atoms with van der Waals surface area (Å²) in [6.07, 6.45) is 1.45. The van der Waals surface area contributed by atoms with Crippen molar-refractivity contribution in [2.75, 3.05) is 10.6 Å². The maximum atomic E-state index is 12.3. The van der Waals surface area contributed by atoms with Crippen LogP contribution in [0.1, 0.15) is 32.8 Å². The highest BCUT2D eigenvalue weighted by Crippen LogP contribution is 2.21. The van der Waals surface area contributed by atoms with Crippen molar-refractivity contribution in [3.8, 4) is 0 Å². The smallest absolute Gasteiger partial charge is 0.319 e. The number of carbonyl (C=O) groups excluding carboxylic acids is 2. The second-order valence-corrected chi connectivity index (χ2v) is 6.71. The average Bonchev–Trinajstić information content (AvgIpc) is 3.18. The normalized spacial score (nSPS) is 10.4. The fraction of sp³-hybridized carbons (Fsp3) is 0.182. The molecule has 0 atom stereocenters. The first-order valence-corrected chi connectivity index (χ1v) is 8.99. The lowest BCUT2D eigenvalue weighted by Gasteiger charge is -2.14. The molecule has 1 heterocycles. The summed E-state index contributed by atoms with van der Waals surface area (Å²) in [5, 5.41) is 8.52. The number of nitrogens with one attached hydrogen (secondary N) is 3. The summed E-state index contributed by atoms with van der Waals surface area (Å²) in [5.74, 6) is -0.0788. The molecular weight excluding hydrogens is 354 g/mol. The van der Waals surface area contributed by atoms with Crippen molar-refractivity contribution in [1.82, 2.24) is 5.32 Å². The van der Waals surface area contributed by atoms with Crippen molar-refractivity contribution in [2.45, 2.75) is 27.3 Å². The molecule has 28 heavy (non-hydrogen) atoms. The second-order valence-electron chi connectivity index (χ2n) is 6.71. The van der Waals surface area contributed by atoms with Crippen molar-refractivity contribution in [1.29, 1.82) is 0 Å². The molecule has 0 saturated heterocycles. The SMILES string of the molecule is Cc1cc(C)c(NC(=O)NCc2cccc(NC(=O)c3ccco3)c2)c(C)c1. The van der Waals surface area contributed by atoms with Crippen LogP contribution in [0.4, 0.5) is 16.2 Å². The van der Waals surface area contributed by atoms with Crippen LogP contribution in [0.25, 0.3) is 0 Å². The van der Waals surface area contributed by atoms with Gasteiger partial charge in [0.05, 0.1) is 6.26 Å². The molecule has 0 fully saturated rings. The van der Waals surface area contributed by atoms with Crippen LogP contribution in [0.15, 0.2) is 59.2 Å². The Bertz CT molecular complexity index is 971. The van der Waals surface area contributed by atoms with E-state index in [0.29, 0.717) is 12.2 Å². The first-order valence-electron chi connectivity index (χ1n) is 8.99. The van der Waals surface area contributed by atoms with Gasteiger partial charge in [0.2, 0.25) is 0 Å². The fourth-order valence-electron chi connectivity index (χ4n) is 3.08. The number of aryl methyl sites for hydroxylation is 3. The quantitative estimate of drug-likeness (QED) is 0.598. The average molecular weight is 377 g/mol. The van der Waals surface area contributed by atoms with Gasteiger partial charge in [-0.2, -0.15) is 0 Å². The summed E-state index contributed by atoms with van der Waals surface area (Å²) >= 11 is 0. The van der Waals surface area contributed by atoms with Gasteiger partial charge in [-0.25, -0.2) is 4.79 Å². The van der Waals surface area contributed by atoms with Crippen molar-refractivity contribution < 1.29 is 14.0 Å². The number of furan rings is 1. The van der Waals surface area contributed by atoms with E-state index in [-0.39, 0.29) is 17.7 Å². The summed E-state index contributed by atoms with van der Waals surface area (Å²) in [5.41, 5.74) is 5.53. The number of urea groups is 1. The third-order valence-corrected chi connectivity index (χ3v) is 4.30. The molecule has 0 unspecified atom stereocenters. The first-order chi connectivity index (χ1) is 13.4. The minimum Gasteiger partial charge on any atom is -0.459 e. The largest absolute Gasteiger partial charge is 0.459 e. The monoisotopic (exact) mass is 377 g/mol. The number of anilines is 2. The van der Waals surface area contributed by atoms with Crippen LogP contribution >= 0.6 is 0 Å². The van der Waals surface area contributed by atoms with Gasteiger partial charge in [0, 0.05) is 17.9 Å². The second kappa shape index (κ2) is 8.43. The third-order valence-electron chi connectivity index (χ3n) is 4.30. The van der Waals surface area contributed by atoms with E-state index in [1.54, 1.807) is 18.2 Å². The summed E-state index contributed by atoms with van der Waals surface area (Å²) in [7, 11) is 0. The summed E-state index contributed by atoms with van der Waals surface area (Å²) in [6.45, 7) is 6.31. The number of benzene rings is 2. The fourth-order valence-corrected chi connectivity index (χ4v) is 3.08. The highest BCUT2D eigenvalue weighted by molar-refractivity contribution is 6.02. The van der Waals surface area contributed by atoms with E-state index in [9.17, 15) is 9.59 Å². The van der Waals surface area contributed by atoms with E-state index in [4.69, 9.17) is 4.42 Å². The van der Waals surface area contributed by atoms with Gasteiger partial charge in [0.25, 0.3) is 5.91 Å². The molecule has 3 aromatic rings. The molecule has 3 amide bonds. The summed E-state index contributed by atoms with van der Waals surface area (Å²) in [6, 6.07) is 14.3. The Hall–Kier alpha value is -3.54. The molecule has 2 aromatic carbocycles. The molecule has 3 N–H and O–H groups in total. The first kappa shape index (κ1) is 19.2. The highest BCUT2D eigenvalue weighted by atomic mass is 16.3. The molecular formula is C22H23N3O3. The molecule has 6 heteroatoms. The number of rotatable bonds is 5. The van der Waals surface area contributed by atoms with Crippen LogP contribution in [-0.4, -0.2) is 11.9 Å². The van der Waals surface area contributed by atoms with Crippen LogP contribution in [0, 0.1) is 20.8 Å². The number of hydrogen-bond donors (Lipinski definition) is 3. The van der Waals surface area contributed by atoms with Gasteiger partial charge in [-0.05, 0) is 61.7 Å². The van der Waals surface area contributed by atoms with Gasteiger partial charge in [-0.15, -0.1) is 0 Å². The summed E-state index contributed by atoms with van der Waals surface area (Å²) in [4.78, 5) is 24.3. The van der Waals surface area contributed by atoms with Crippen molar-refractivity contribution in [3.05, 3.63) is 82.8 Å². The maximum Gasteiger partial charge on any atom is 0.319 e. The molecule has 0 spiro atoms. The van der Waals surface area contributed by atoms with Gasteiger partial charge >= 0.3 is 6.03 Å². The Balaban J connectivity index is 1.59. The van der Waals surface area contributed by atoms with Gasteiger partial charge in [0.15, 0.2) is 5.76 Å². The Morgan fingerprint density at radius 2 is 1.68 bits per heavy atom. The molecule has 6 nitrogen and oxygen atoms in total. The van der Waals surface area contributed by atoms with E-state index >= 15 is 0 Å². The molecule has 144 valence electrons. The Morgan fingerprint density at radius 3 is 2.36 bits per heavy atom. The van der Waals surface area contributed by atoms with E-state index < -0.39 is 0 Å². The van der Waals surface area contributed by atoms with Gasteiger partial charge in [-0.1, -0.05) is 29.8 Å². The minimum absolute atomic E-state index is 0.242. The van der Waals surface area contributed by atoms with Gasteiger partial charge < -0.3 is 20.4 Å². The summed E-state index contributed by atoms with van der Waals surface area (Å²) < 4.78 is 5.08. The van der Waals surface area contributed by atoms with E-state index in [1.807, 2.05) is 51.1 Å². The van der Waals surface area contributed by atoms with Crippen LogP contribution in [-0.2, 0) is 6.54 Å². The minimum atomic E-state index is -0.321. The van der Waals surface area contributed by atoms with Crippen LogP contribution in [0.5, 0.6) is 0 Å². The molecule has 0 aliphatic rings. The van der Waals surface area contributed by atoms with Gasteiger partial charge in [-0.3, -0.25) is 4.79 Å². The molecule has 0 radical (unpaired) electrons. The standard InChI is InChI=1S/C22H23N3O3/c1-14-10-15(2)20(16(3)11-14)25-22(27)23-13-17-6-4-7-18(12-17)24-21(26)19-8-5-9-28-19/h4-12H,13H2,1-3H3,(H,24,26)(H2,23,25,27). The lowest BCUT2D eigenvalue weighted by Crippen LogP contribution is -2.28. The predicted octanol–water partition coefficient (Wildman–Crippen LogP) is 4.78. The molecule has 0 aliphatic heterocycles. The maximum absolute atomic E-state index is 12.3. The Labute approximate surface area is 164 Å². The molecule has 3 rings (SSSR count). The number of hydrogen-bond acceptors (Lipinski definition) is 3. The van der Waals surface area contributed by atoms with Crippen molar-refractivity contribution in [2.24, 2.45) is 0 Å². The molecule has 0 saturated carbocycles. The zero-order valence-corrected chi connectivity index (χ0v) is 16.1. The topological polar surface area (TPSA) is 83.4 Å². The molecule has 1 aromatic heterocycles. The van der Waals surface area contributed by atoms with Crippen LogP contribution < -0.4 is 16.0 Å². The zero-order chi connectivity index (χ0) is 20.1. The van der Waals surface area contributed by atoms with Crippen LogP contribution in [0.3, 0.4) is 0 Å². The van der Waals surface area contributed by atoms with Crippen LogP contribution in [0.2, 0.25) is 0 Å². The lowest BCUT2D eigenvalue weighted by atomic mass is 10.1. The van der Waals surface area contributed by atoms with Crippen molar-refractivity contribution >= 4 is 23.3 Å². The number of carbonyl (C=O) groups is 2. The Kier molecular flexibility index (Phi) is 5.79. The lowest BCUT2D eigenvalue weighted by molar-refractivity contribution is 0.0996. The third kappa shape index (κ3) is 4.79. The van der Waals surface area contributed by atoms with E-state index in [2.05, 4.69) is 16.0 Å².